The SMILES string of the molecule is CCCCc1ncc(Sc2cc(CCl)ccc2OC)c(C)n1. The van der Waals surface area contributed by atoms with Crippen LogP contribution in [0.1, 0.15) is 36.8 Å². The van der Waals surface area contributed by atoms with Crippen molar-refractivity contribution in [3.05, 3.63) is 41.5 Å². The molecule has 0 unspecified atom stereocenters. The van der Waals surface area contributed by atoms with E-state index < -0.39 is 0 Å². The number of nitrogens with zero attached hydrogens (tertiary/aromatic N) is 2. The van der Waals surface area contributed by atoms with Crippen LogP contribution in [0.3, 0.4) is 0 Å². The molecule has 2 aromatic rings. The second-order valence-corrected chi connectivity index (χ2v) is 6.41. The summed E-state index contributed by atoms with van der Waals surface area (Å²) in [5, 5.41) is 0. The number of ether oxygens (including phenoxy) is 1. The lowest BCUT2D eigenvalue weighted by Gasteiger charge is -2.11. The van der Waals surface area contributed by atoms with Crippen LogP contribution in [-0.4, -0.2) is 17.1 Å². The molecule has 0 amide bonds. The van der Waals surface area contributed by atoms with Crippen LogP contribution in [0.5, 0.6) is 5.75 Å². The van der Waals surface area contributed by atoms with Gasteiger partial charge in [0, 0.05) is 18.5 Å². The van der Waals surface area contributed by atoms with Crippen LogP contribution in [0.4, 0.5) is 0 Å². The van der Waals surface area contributed by atoms with Crippen molar-refractivity contribution >= 4 is 23.4 Å². The Morgan fingerprint density at radius 3 is 2.73 bits per heavy atom. The van der Waals surface area contributed by atoms with Crippen LogP contribution in [0.15, 0.2) is 34.2 Å². The first kappa shape index (κ1) is 17.1. The average Bonchev–Trinajstić information content (AvgIpc) is 2.55. The Morgan fingerprint density at radius 2 is 2.09 bits per heavy atom. The molecule has 0 N–H and O–H groups in total. The molecule has 1 heterocycles. The van der Waals surface area contributed by atoms with Gasteiger partial charge >= 0.3 is 0 Å². The van der Waals surface area contributed by atoms with Gasteiger partial charge in [0.25, 0.3) is 0 Å². The third-order valence-corrected chi connectivity index (χ3v) is 4.81. The van der Waals surface area contributed by atoms with Gasteiger partial charge in [-0.3, -0.25) is 0 Å². The highest BCUT2D eigenvalue weighted by atomic mass is 35.5. The number of aryl methyl sites for hydroxylation is 2. The van der Waals surface area contributed by atoms with Crippen molar-refractivity contribution in [1.29, 1.82) is 0 Å². The molecule has 0 aliphatic heterocycles. The molecule has 22 heavy (non-hydrogen) atoms. The monoisotopic (exact) mass is 336 g/mol. The van der Waals surface area contributed by atoms with Gasteiger partial charge in [0.05, 0.1) is 22.6 Å². The van der Waals surface area contributed by atoms with E-state index in [1.807, 2.05) is 25.3 Å². The van der Waals surface area contributed by atoms with Gasteiger partial charge in [-0.2, -0.15) is 0 Å². The third-order valence-electron chi connectivity index (χ3n) is 3.34. The van der Waals surface area contributed by atoms with Crippen LogP contribution in [0, 0.1) is 6.92 Å². The first-order valence-corrected chi connectivity index (χ1v) is 8.76. The number of hydrogen-bond acceptors (Lipinski definition) is 4. The number of aromatic nitrogens is 2. The smallest absolute Gasteiger partial charge is 0.132 e. The zero-order valence-corrected chi connectivity index (χ0v) is 14.8. The van der Waals surface area contributed by atoms with Crippen LogP contribution >= 0.6 is 23.4 Å². The molecule has 0 aliphatic rings. The van der Waals surface area contributed by atoms with Crippen molar-refractivity contribution < 1.29 is 4.74 Å². The Bertz CT molecular complexity index is 634. The first-order valence-electron chi connectivity index (χ1n) is 7.41. The van der Waals surface area contributed by atoms with Crippen molar-refractivity contribution in [3.63, 3.8) is 0 Å². The molecule has 1 aromatic heterocycles. The van der Waals surface area contributed by atoms with E-state index in [4.69, 9.17) is 16.3 Å². The molecule has 0 spiro atoms. The number of benzene rings is 1. The summed E-state index contributed by atoms with van der Waals surface area (Å²) in [5.41, 5.74) is 2.08. The number of rotatable bonds is 7. The Hall–Kier alpha value is -1.26. The first-order chi connectivity index (χ1) is 10.7. The summed E-state index contributed by atoms with van der Waals surface area (Å²) in [5.74, 6) is 2.25. The summed E-state index contributed by atoms with van der Waals surface area (Å²) in [6.45, 7) is 4.20. The maximum atomic E-state index is 5.92. The summed E-state index contributed by atoms with van der Waals surface area (Å²) in [6.07, 6.45) is 5.12. The molecular weight excluding hydrogens is 316 g/mol. The summed E-state index contributed by atoms with van der Waals surface area (Å²) < 4.78 is 5.43. The highest BCUT2D eigenvalue weighted by Gasteiger charge is 2.10. The van der Waals surface area contributed by atoms with Crippen LogP contribution in [0.25, 0.3) is 0 Å². The van der Waals surface area contributed by atoms with Gasteiger partial charge in [0.1, 0.15) is 11.6 Å². The predicted octanol–water partition coefficient (Wildman–Crippen LogP) is 5.03. The average molecular weight is 337 g/mol. The van der Waals surface area contributed by atoms with Gasteiger partial charge < -0.3 is 4.74 Å². The molecule has 3 nitrogen and oxygen atoms in total. The molecule has 1 aromatic carbocycles. The molecule has 0 saturated carbocycles. The fourth-order valence-corrected chi connectivity index (χ4v) is 3.23. The molecule has 118 valence electrons. The van der Waals surface area contributed by atoms with E-state index >= 15 is 0 Å². The lowest BCUT2D eigenvalue weighted by Crippen LogP contribution is -1.98. The normalized spacial score (nSPS) is 10.7. The zero-order chi connectivity index (χ0) is 15.9. The zero-order valence-electron chi connectivity index (χ0n) is 13.2. The number of halogens is 1. The Balaban J connectivity index is 2.23. The molecule has 0 fully saturated rings. The number of methoxy groups -OCH3 is 1. The topological polar surface area (TPSA) is 35.0 Å². The Kier molecular flexibility index (Phi) is 6.52. The standard InChI is InChI=1S/C17H21ClN2OS/c1-4-5-6-17-19-11-16(12(2)20-17)22-15-9-13(10-18)7-8-14(15)21-3/h7-9,11H,4-6,10H2,1-3H3. The van der Waals surface area contributed by atoms with E-state index in [9.17, 15) is 0 Å². The number of hydrogen-bond donors (Lipinski definition) is 0. The van der Waals surface area contributed by atoms with E-state index in [1.165, 1.54) is 0 Å². The van der Waals surface area contributed by atoms with E-state index in [2.05, 4.69) is 23.0 Å². The second-order valence-electron chi connectivity index (χ2n) is 5.06. The minimum absolute atomic E-state index is 0.489. The van der Waals surface area contributed by atoms with Crippen molar-refractivity contribution in [2.45, 2.75) is 48.8 Å². The largest absolute Gasteiger partial charge is 0.496 e. The maximum absolute atomic E-state index is 5.92. The van der Waals surface area contributed by atoms with Crippen molar-refractivity contribution in [3.8, 4) is 5.75 Å². The molecule has 0 saturated heterocycles. The van der Waals surface area contributed by atoms with Gasteiger partial charge in [0.15, 0.2) is 0 Å². The van der Waals surface area contributed by atoms with E-state index in [1.54, 1.807) is 18.9 Å². The molecule has 0 bridgehead atoms. The van der Waals surface area contributed by atoms with Crippen molar-refractivity contribution in [1.82, 2.24) is 9.97 Å². The van der Waals surface area contributed by atoms with E-state index in [0.29, 0.717) is 5.88 Å². The molecule has 5 heteroatoms. The number of alkyl halides is 1. The minimum Gasteiger partial charge on any atom is -0.496 e. The fourth-order valence-electron chi connectivity index (χ4n) is 2.06. The van der Waals surface area contributed by atoms with Gasteiger partial charge in [-0.15, -0.1) is 11.6 Å². The van der Waals surface area contributed by atoms with E-state index in [-0.39, 0.29) is 0 Å². The van der Waals surface area contributed by atoms with Crippen LogP contribution in [0.2, 0.25) is 0 Å². The molecule has 0 atom stereocenters. The lowest BCUT2D eigenvalue weighted by atomic mass is 10.2. The van der Waals surface area contributed by atoms with Crippen molar-refractivity contribution in [2.75, 3.05) is 7.11 Å². The molecular formula is C17H21ClN2OS. The minimum atomic E-state index is 0.489. The quantitative estimate of drug-likeness (QED) is 0.664. The van der Waals surface area contributed by atoms with Gasteiger partial charge in [-0.1, -0.05) is 31.2 Å². The summed E-state index contributed by atoms with van der Waals surface area (Å²) in [4.78, 5) is 11.2. The van der Waals surface area contributed by atoms with Crippen LogP contribution < -0.4 is 4.74 Å². The molecule has 2 rings (SSSR count). The Morgan fingerprint density at radius 1 is 1.27 bits per heavy atom. The summed E-state index contributed by atoms with van der Waals surface area (Å²) in [7, 11) is 1.68. The predicted molar refractivity (Wildman–Crippen MR) is 92.1 cm³/mol. The lowest BCUT2D eigenvalue weighted by molar-refractivity contribution is 0.404. The van der Waals surface area contributed by atoms with Crippen LogP contribution in [-0.2, 0) is 12.3 Å². The fraction of sp³-hybridized carbons (Fsp3) is 0.412. The van der Waals surface area contributed by atoms with Gasteiger partial charge in [-0.05, 0) is 31.0 Å². The second kappa shape index (κ2) is 8.39. The third kappa shape index (κ3) is 4.37. The highest BCUT2D eigenvalue weighted by molar-refractivity contribution is 7.99. The summed E-state index contributed by atoms with van der Waals surface area (Å²) in [6, 6.07) is 5.99. The summed E-state index contributed by atoms with van der Waals surface area (Å²) >= 11 is 7.54. The van der Waals surface area contributed by atoms with E-state index in [0.717, 1.165) is 51.9 Å². The number of unbranched alkanes of at least 4 members (excludes halogenated alkanes) is 1. The maximum Gasteiger partial charge on any atom is 0.132 e. The van der Waals surface area contributed by atoms with Gasteiger partial charge in [0.2, 0.25) is 0 Å². The van der Waals surface area contributed by atoms with Gasteiger partial charge in [-0.25, -0.2) is 9.97 Å². The highest BCUT2D eigenvalue weighted by Crippen LogP contribution is 2.36. The molecule has 0 aliphatic carbocycles. The Labute approximate surface area is 141 Å². The van der Waals surface area contributed by atoms with Crippen molar-refractivity contribution in [2.24, 2.45) is 0 Å². The molecule has 0 radical (unpaired) electrons.